The first kappa shape index (κ1) is 20.8. The molecule has 1 amide bonds. The Kier molecular flexibility index (Phi) is 6.14. The normalized spacial score (nSPS) is 12.3. The third kappa shape index (κ3) is 5.10. The topological polar surface area (TPSA) is 98.1 Å². The number of halogens is 1. The molecule has 0 fully saturated rings. The van der Waals surface area contributed by atoms with Crippen LogP contribution in [-0.2, 0) is 14.8 Å². The van der Waals surface area contributed by atoms with Gasteiger partial charge in [-0.15, -0.1) is 0 Å². The highest BCUT2D eigenvalue weighted by Crippen LogP contribution is 2.17. The molecule has 150 valence electrons. The molecule has 1 N–H and O–H groups in total. The van der Waals surface area contributed by atoms with Gasteiger partial charge in [0.2, 0.25) is 5.91 Å². The fourth-order valence-corrected chi connectivity index (χ4v) is 3.74. The molecule has 0 spiro atoms. The number of nitrogens with zero attached hydrogens (tertiary/aromatic N) is 2. The zero-order valence-electron chi connectivity index (χ0n) is 15.4. The van der Waals surface area contributed by atoms with E-state index in [0.717, 1.165) is 6.20 Å². The van der Waals surface area contributed by atoms with Gasteiger partial charge in [0.15, 0.2) is 5.78 Å². The summed E-state index contributed by atoms with van der Waals surface area (Å²) in [6, 6.07) is 15.3. The molecule has 29 heavy (non-hydrogen) atoms. The summed E-state index contributed by atoms with van der Waals surface area (Å²) in [4.78, 5) is 24.5. The van der Waals surface area contributed by atoms with Crippen LogP contribution in [0.25, 0.3) is 5.69 Å². The van der Waals surface area contributed by atoms with Crippen molar-refractivity contribution in [3.8, 4) is 5.69 Å². The summed E-state index contributed by atoms with van der Waals surface area (Å²) in [6.45, 7) is 1.57. The van der Waals surface area contributed by atoms with Crippen molar-refractivity contribution in [2.24, 2.45) is 5.92 Å². The van der Waals surface area contributed by atoms with Gasteiger partial charge in [0.05, 0.1) is 18.1 Å². The van der Waals surface area contributed by atoms with E-state index < -0.39 is 21.8 Å². The zero-order chi connectivity index (χ0) is 21.0. The fourth-order valence-electron chi connectivity index (χ4n) is 2.69. The van der Waals surface area contributed by atoms with Gasteiger partial charge < -0.3 is 0 Å². The first-order valence-corrected chi connectivity index (χ1v) is 10.6. The van der Waals surface area contributed by atoms with Crippen LogP contribution in [0.3, 0.4) is 0 Å². The molecular formula is C20H18ClN3O4S. The van der Waals surface area contributed by atoms with E-state index in [2.05, 4.69) is 5.10 Å². The molecule has 2 aromatic carbocycles. The van der Waals surface area contributed by atoms with Gasteiger partial charge in [0, 0.05) is 22.9 Å². The highest BCUT2D eigenvalue weighted by Gasteiger charge is 2.24. The highest BCUT2D eigenvalue weighted by atomic mass is 35.5. The SMILES string of the molecule is CC(CC(=O)NS(=O)(=O)c1cnn(-c2ccccc2)c1)C(=O)c1ccc(Cl)cc1. The van der Waals surface area contributed by atoms with Crippen LogP contribution in [0.5, 0.6) is 0 Å². The predicted octanol–water partition coefficient (Wildman–Crippen LogP) is 3.24. The molecule has 3 rings (SSSR count). The number of nitrogens with one attached hydrogen (secondary N) is 1. The van der Waals surface area contributed by atoms with Gasteiger partial charge in [0.1, 0.15) is 4.90 Å². The number of carbonyl (C=O) groups is 2. The van der Waals surface area contributed by atoms with Crippen LogP contribution in [-0.4, -0.2) is 29.9 Å². The molecule has 0 aliphatic heterocycles. The number of hydrogen-bond donors (Lipinski definition) is 1. The molecular weight excluding hydrogens is 414 g/mol. The number of para-hydroxylation sites is 1. The Morgan fingerprint density at radius 2 is 1.76 bits per heavy atom. The number of hydrogen-bond acceptors (Lipinski definition) is 5. The molecule has 0 radical (unpaired) electrons. The van der Waals surface area contributed by atoms with Crippen molar-refractivity contribution < 1.29 is 18.0 Å². The standard InChI is InChI=1S/C20H18ClN3O4S/c1-14(20(26)15-7-9-16(21)10-8-15)11-19(25)23-29(27,28)18-12-22-24(13-18)17-5-3-2-4-6-17/h2-10,12-14H,11H2,1H3,(H,23,25). The lowest BCUT2D eigenvalue weighted by Crippen LogP contribution is -2.32. The van der Waals surface area contributed by atoms with Crippen LogP contribution in [0.4, 0.5) is 0 Å². The average Bonchev–Trinajstić information content (AvgIpc) is 3.19. The molecule has 0 aliphatic carbocycles. The van der Waals surface area contributed by atoms with Crippen molar-refractivity contribution in [1.29, 1.82) is 0 Å². The Labute approximate surface area is 173 Å². The molecule has 1 heterocycles. The number of carbonyl (C=O) groups excluding carboxylic acids is 2. The second kappa shape index (κ2) is 8.59. The lowest BCUT2D eigenvalue weighted by Gasteiger charge is -2.11. The molecule has 0 saturated carbocycles. The molecule has 0 aliphatic rings. The maximum atomic E-state index is 12.5. The first-order chi connectivity index (χ1) is 13.8. The van der Waals surface area contributed by atoms with Crippen molar-refractivity contribution >= 4 is 33.3 Å². The highest BCUT2D eigenvalue weighted by molar-refractivity contribution is 7.90. The number of amides is 1. The summed E-state index contributed by atoms with van der Waals surface area (Å²) < 4.78 is 28.3. The molecule has 1 aromatic heterocycles. The molecule has 1 atom stereocenters. The Bertz CT molecular complexity index is 1130. The van der Waals surface area contributed by atoms with Gasteiger partial charge in [-0.2, -0.15) is 5.10 Å². The van der Waals surface area contributed by atoms with Crippen molar-refractivity contribution in [3.63, 3.8) is 0 Å². The number of ketones is 1. The number of sulfonamides is 1. The van der Waals surface area contributed by atoms with Crippen LogP contribution < -0.4 is 4.72 Å². The molecule has 3 aromatic rings. The van der Waals surface area contributed by atoms with Gasteiger partial charge in [-0.1, -0.05) is 36.7 Å². The Morgan fingerprint density at radius 1 is 1.10 bits per heavy atom. The molecule has 9 heteroatoms. The maximum absolute atomic E-state index is 12.5. The average molecular weight is 432 g/mol. The van der Waals surface area contributed by atoms with Gasteiger partial charge in [-0.05, 0) is 36.4 Å². The monoisotopic (exact) mass is 431 g/mol. The third-order valence-corrected chi connectivity index (χ3v) is 5.79. The van der Waals surface area contributed by atoms with Crippen molar-refractivity contribution in [3.05, 3.63) is 77.6 Å². The van der Waals surface area contributed by atoms with Gasteiger partial charge in [-0.3, -0.25) is 9.59 Å². The molecule has 0 bridgehead atoms. The summed E-state index contributed by atoms with van der Waals surface area (Å²) >= 11 is 5.80. The summed E-state index contributed by atoms with van der Waals surface area (Å²) in [5.74, 6) is -1.74. The second-order valence-corrected chi connectivity index (χ2v) is 8.58. The Hall–Kier alpha value is -2.97. The molecule has 0 saturated heterocycles. The fraction of sp³-hybridized carbons (Fsp3) is 0.150. The molecule has 7 nitrogen and oxygen atoms in total. The maximum Gasteiger partial charge on any atom is 0.267 e. The predicted molar refractivity (Wildman–Crippen MR) is 108 cm³/mol. The van der Waals surface area contributed by atoms with Crippen molar-refractivity contribution in [1.82, 2.24) is 14.5 Å². The zero-order valence-corrected chi connectivity index (χ0v) is 17.0. The van der Waals surface area contributed by atoms with E-state index in [9.17, 15) is 18.0 Å². The van der Waals surface area contributed by atoms with Crippen LogP contribution in [0.2, 0.25) is 5.02 Å². The number of benzene rings is 2. The third-order valence-electron chi connectivity index (χ3n) is 4.21. The summed E-state index contributed by atoms with van der Waals surface area (Å²) in [5, 5.41) is 4.51. The number of Topliss-reactive ketones (excluding diaryl/α,β-unsaturated/α-hetero) is 1. The van der Waals surface area contributed by atoms with Gasteiger partial charge in [0.25, 0.3) is 10.0 Å². The van der Waals surface area contributed by atoms with E-state index in [1.807, 2.05) is 10.8 Å². The number of rotatable bonds is 7. The number of aromatic nitrogens is 2. The van der Waals surface area contributed by atoms with E-state index in [1.165, 1.54) is 10.9 Å². The van der Waals surface area contributed by atoms with Gasteiger partial charge in [-0.25, -0.2) is 17.8 Å². The van der Waals surface area contributed by atoms with E-state index in [-0.39, 0.29) is 17.1 Å². The van der Waals surface area contributed by atoms with E-state index in [1.54, 1.807) is 55.5 Å². The largest absolute Gasteiger partial charge is 0.294 e. The summed E-state index contributed by atoms with van der Waals surface area (Å²) in [6.07, 6.45) is 2.20. The lowest BCUT2D eigenvalue weighted by atomic mass is 9.96. The quantitative estimate of drug-likeness (QED) is 0.579. The van der Waals surface area contributed by atoms with Crippen LogP contribution in [0, 0.1) is 5.92 Å². The minimum Gasteiger partial charge on any atom is -0.294 e. The molecule has 1 unspecified atom stereocenters. The van der Waals surface area contributed by atoms with Crippen molar-refractivity contribution in [2.75, 3.05) is 0 Å². The van der Waals surface area contributed by atoms with E-state index in [0.29, 0.717) is 16.3 Å². The van der Waals surface area contributed by atoms with Gasteiger partial charge >= 0.3 is 0 Å². The lowest BCUT2D eigenvalue weighted by molar-refractivity contribution is -0.119. The van der Waals surface area contributed by atoms with Crippen LogP contribution >= 0.6 is 11.6 Å². The van der Waals surface area contributed by atoms with Crippen molar-refractivity contribution in [2.45, 2.75) is 18.2 Å². The minimum atomic E-state index is -4.10. The Morgan fingerprint density at radius 3 is 2.41 bits per heavy atom. The summed E-state index contributed by atoms with van der Waals surface area (Å²) in [5.41, 5.74) is 1.09. The van der Waals surface area contributed by atoms with E-state index >= 15 is 0 Å². The Balaban J connectivity index is 1.65. The minimum absolute atomic E-state index is 0.147. The second-order valence-electron chi connectivity index (χ2n) is 6.46. The van der Waals surface area contributed by atoms with Crippen LogP contribution in [0.1, 0.15) is 23.7 Å². The summed E-state index contributed by atoms with van der Waals surface area (Å²) in [7, 11) is -4.10. The van der Waals surface area contributed by atoms with Crippen LogP contribution in [0.15, 0.2) is 71.9 Å². The van der Waals surface area contributed by atoms with E-state index in [4.69, 9.17) is 11.6 Å². The smallest absolute Gasteiger partial charge is 0.267 e. The first-order valence-electron chi connectivity index (χ1n) is 8.72.